The van der Waals surface area contributed by atoms with Gasteiger partial charge in [-0.1, -0.05) is 12.1 Å². The molecule has 3 rings (SSSR count). The SMILES string of the molecule is O=C(CCn1c(=O)oc2ccccc21)OCC1CCCO1. The molecule has 1 aliphatic heterocycles. The maximum atomic E-state index is 11.7. The summed E-state index contributed by atoms with van der Waals surface area (Å²) in [5.41, 5.74) is 1.21. The number of ether oxygens (including phenoxy) is 2. The standard InChI is InChI=1S/C15H17NO5/c17-14(20-10-11-4-3-9-19-11)7-8-16-12-5-1-2-6-13(12)21-15(16)18/h1-2,5-6,11H,3-4,7-10H2. The molecule has 2 aromatic rings. The predicted octanol–water partition coefficient (Wildman–Crippen LogP) is 1.71. The van der Waals surface area contributed by atoms with Gasteiger partial charge in [0.25, 0.3) is 0 Å². The van der Waals surface area contributed by atoms with E-state index in [9.17, 15) is 9.59 Å². The lowest BCUT2D eigenvalue weighted by molar-refractivity contribution is -0.147. The monoisotopic (exact) mass is 291 g/mol. The van der Waals surface area contributed by atoms with Crippen molar-refractivity contribution in [1.82, 2.24) is 4.57 Å². The van der Waals surface area contributed by atoms with E-state index in [1.165, 1.54) is 4.57 Å². The topological polar surface area (TPSA) is 70.7 Å². The van der Waals surface area contributed by atoms with Crippen LogP contribution in [-0.4, -0.2) is 29.9 Å². The zero-order valence-corrected chi connectivity index (χ0v) is 11.6. The van der Waals surface area contributed by atoms with Gasteiger partial charge in [0, 0.05) is 13.2 Å². The van der Waals surface area contributed by atoms with Crippen LogP contribution in [0.5, 0.6) is 0 Å². The number of carbonyl (C=O) groups excluding carboxylic acids is 1. The van der Waals surface area contributed by atoms with Crippen LogP contribution in [0.15, 0.2) is 33.5 Å². The van der Waals surface area contributed by atoms with E-state index in [2.05, 4.69) is 0 Å². The fourth-order valence-electron chi connectivity index (χ4n) is 2.46. The van der Waals surface area contributed by atoms with Crippen LogP contribution in [0.25, 0.3) is 11.1 Å². The molecule has 0 saturated carbocycles. The third kappa shape index (κ3) is 3.16. The molecule has 0 radical (unpaired) electrons. The van der Waals surface area contributed by atoms with Crippen molar-refractivity contribution in [2.45, 2.75) is 31.9 Å². The lowest BCUT2D eigenvalue weighted by atomic mass is 10.2. The number of carbonyl (C=O) groups is 1. The van der Waals surface area contributed by atoms with Crippen LogP contribution in [0.3, 0.4) is 0 Å². The third-order valence-electron chi connectivity index (χ3n) is 3.57. The highest BCUT2D eigenvalue weighted by atomic mass is 16.6. The van der Waals surface area contributed by atoms with E-state index in [0.717, 1.165) is 19.4 Å². The number of hydrogen-bond donors (Lipinski definition) is 0. The quantitative estimate of drug-likeness (QED) is 0.784. The second kappa shape index (κ2) is 6.13. The highest BCUT2D eigenvalue weighted by molar-refractivity contribution is 5.73. The molecule has 21 heavy (non-hydrogen) atoms. The first-order valence-electron chi connectivity index (χ1n) is 7.09. The van der Waals surface area contributed by atoms with Gasteiger partial charge in [0.15, 0.2) is 5.58 Å². The molecule has 0 aliphatic carbocycles. The molecule has 0 bridgehead atoms. The molecular weight excluding hydrogens is 274 g/mol. The van der Waals surface area contributed by atoms with Crippen molar-refractivity contribution in [3.8, 4) is 0 Å². The van der Waals surface area contributed by atoms with E-state index in [-0.39, 0.29) is 25.0 Å². The van der Waals surface area contributed by atoms with Crippen LogP contribution >= 0.6 is 0 Å². The number of nitrogens with zero attached hydrogens (tertiary/aromatic N) is 1. The lowest BCUT2D eigenvalue weighted by Crippen LogP contribution is -2.21. The molecule has 0 amide bonds. The Labute approximate surface area is 121 Å². The summed E-state index contributed by atoms with van der Waals surface area (Å²) in [5, 5.41) is 0. The number of benzene rings is 1. The van der Waals surface area contributed by atoms with Crippen molar-refractivity contribution >= 4 is 17.1 Å². The molecule has 1 saturated heterocycles. The summed E-state index contributed by atoms with van der Waals surface area (Å²) in [5.74, 6) is -0.786. The van der Waals surface area contributed by atoms with Gasteiger partial charge in [-0.05, 0) is 25.0 Å². The van der Waals surface area contributed by atoms with Crippen molar-refractivity contribution in [2.24, 2.45) is 0 Å². The van der Waals surface area contributed by atoms with Gasteiger partial charge in [-0.2, -0.15) is 0 Å². The first-order valence-corrected chi connectivity index (χ1v) is 7.09. The van der Waals surface area contributed by atoms with Gasteiger partial charge in [0.1, 0.15) is 6.61 Å². The minimum atomic E-state index is -0.455. The van der Waals surface area contributed by atoms with Crippen molar-refractivity contribution in [3.05, 3.63) is 34.8 Å². The smallest absolute Gasteiger partial charge is 0.419 e. The molecule has 1 fully saturated rings. The molecule has 0 N–H and O–H groups in total. The molecular formula is C15H17NO5. The fourth-order valence-corrected chi connectivity index (χ4v) is 2.46. The van der Waals surface area contributed by atoms with Gasteiger partial charge in [0.05, 0.1) is 18.0 Å². The van der Waals surface area contributed by atoms with Crippen LogP contribution in [-0.2, 0) is 20.8 Å². The fraction of sp³-hybridized carbons (Fsp3) is 0.467. The maximum absolute atomic E-state index is 11.7. The number of fused-ring (bicyclic) bond motifs is 1. The summed E-state index contributed by atoms with van der Waals surface area (Å²) in [6.07, 6.45) is 2.10. The number of aromatic nitrogens is 1. The minimum absolute atomic E-state index is 0.0198. The average Bonchev–Trinajstić information content (AvgIpc) is 3.10. The number of aryl methyl sites for hydroxylation is 1. The van der Waals surface area contributed by atoms with Crippen LogP contribution in [0, 0.1) is 0 Å². The molecule has 6 nitrogen and oxygen atoms in total. The highest BCUT2D eigenvalue weighted by Gasteiger charge is 2.18. The average molecular weight is 291 g/mol. The molecule has 1 aromatic heterocycles. The molecule has 1 atom stereocenters. The maximum Gasteiger partial charge on any atom is 0.419 e. The van der Waals surface area contributed by atoms with Crippen LogP contribution in [0.4, 0.5) is 0 Å². The van der Waals surface area contributed by atoms with Crippen molar-refractivity contribution in [1.29, 1.82) is 0 Å². The van der Waals surface area contributed by atoms with Gasteiger partial charge in [-0.25, -0.2) is 4.79 Å². The summed E-state index contributed by atoms with van der Waals surface area (Å²) in [6.45, 7) is 1.28. The Kier molecular flexibility index (Phi) is 4.06. The second-order valence-electron chi connectivity index (χ2n) is 5.06. The Morgan fingerprint density at radius 3 is 3.05 bits per heavy atom. The molecule has 1 aliphatic rings. The van der Waals surface area contributed by atoms with E-state index >= 15 is 0 Å². The molecule has 1 unspecified atom stereocenters. The van der Waals surface area contributed by atoms with Crippen LogP contribution in [0.1, 0.15) is 19.3 Å². The van der Waals surface area contributed by atoms with Gasteiger partial charge in [0.2, 0.25) is 0 Å². The van der Waals surface area contributed by atoms with Crippen molar-refractivity contribution < 1.29 is 18.7 Å². The second-order valence-corrected chi connectivity index (χ2v) is 5.06. The largest absolute Gasteiger partial charge is 0.463 e. The van der Waals surface area contributed by atoms with Gasteiger partial charge < -0.3 is 13.9 Å². The number of esters is 1. The Hall–Kier alpha value is -2.08. The zero-order valence-electron chi connectivity index (χ0n) is 11.6. The summed E-state index contributed by atoms with van der Waals surface area (Å²) < 4.78 is 17.1. The van der Waals surface area contributed by atoms with E-state index in [0.29, 0.717) is 17.7 Å². The van der Waals surface area contributed by atoms with Crippen LogP contribution < -0.4 is 5.76 Å². The van der Waals surface area contributed by atoms with E-state index in [1.807, 2.05) is 6.07 Å². The van der Waals surface area contributed by atoms with Gasteiger partial charge >= 0.3 is 11.7 Å². The number of hydrogen-bond acceptors (Lipinski definition) is 5. The summed E-state index contributed by atoms with van der Waals surface area (Å²) in [4.78, 5) is 23.5. The minimum Gasteiger partial charge on any atom is -0.463 e. The third-order valence-corrected chi connectivity index (χ3v) is 3.57. The van der Waals surface area contributed by atoms with E-state index in [1.54, 1.807) is 18.2 Å². The predicted molar refractivity (Wildman–Crippen MR) is 75.0 cm³/mol. The molecule has 6 heteroatoms. The van der Waals surface area contributed by atoms with E-state index < -0.39 is 5.76 Å². The van der Waals surface area contributed by atoms with Crippen molar-refractivity contribution in [3.63, 3.8) is 0 Å². The normalized spacial score (nSPS) is 18.2. The highest BCUT2D eigenvalue weighted by Crippen LogP contribution is 2.13. The molecule has 1 aromatic carbocycles. The van der Waals surface area contributed by atoms with Crippen molar-refractivity contribution in [2.75, 3.05) is 13.2 Å². The summed E-state index contributed by atoms with van der Waals surface area (Å²) >= 11 is 0. The zero-order chi connectivity index (χ0) is 14.7. The van der Waals surface area contributed by atoms with Gasteiger partial charge in [-0.15, -0.1) is 0 Å². The Balaban J connectivity index is 1.57. The number of oxazole rings is 1. The molecule has 0 spiro atoms. The lowest BCUT2D eigenvalue weighted by Gasteiger charge is -2.10. The Morgan fingerprint density at radius 2 is 2.24 bits per heavy atom. The number of para-hydroxylation sites is 2. The summed E-state index contributed by atoms with van der Waals surface area (Å²) in [7, 11) is 0. The molecule has 2 heterocycles. The molecule has 112 valence electrons. The van der Waals surface area contributed by atoms with Crippen LogP contribution in [0.2, 0.25) is 0 Å². The van der Waals surface area contributed by atoms with E-state index in [4.69, 9.17) is 13.9 Å². The Morgan fingerprint density at radius 1 is 1.38 bits per heavy atom. The first-order chi connectivity index (χ1) is 10.2. The Bertz CT molecular complexity index is 681. The first kappa shape index (κ1) is 13.9. The number of rotatable bonds is 5. The van der Waals surface area contributed by atoms with Gasteiger partial charge in [-0.3, -0.25) is 9.36 Å². The summed E-state index contributed by atoms with van der Waals surface area (Å²) in [6, 6.07) is 7.13.